The van der Waals surface area contributed by atoms with Gasteiger partial charge in [0.1, 0.15) is 11.5 Å². The number of hydrogen-bond donors (Lipinski definition) is 1. The van der Waals surface area contributed by atoms with E-state index in [4.69, 9.17) is 0 Å². The predicted molar refractivity (Wildman–Crippen MR) is 100 cm³/mol. The van der Waals surface area contributed by atoms with Crippen LogP contribution in [0.15, 0.2) is 36.5 Å². The zero-order valence-electron chi connectivity index (χ0n) is 15.0. The average molecular weight is 357 g/mol. The van der Waals surface area contributed by atoms with Crippen LogP contribution < -0.4 is 15.1 Å². The van der Waals surface area contributed by atoms with Gasteiger partial charge in [-0.25, -0.2) is 14.4 Å². The van der Waals surface area contributed by atoms with Crippen LogP contribution in [0.25, 0.3) is 0 Å². The number of para-hydroxylation sites is 1. The second kappa shape index (κ2) is 8.60. The fraction of sp³-hybridized carbons (Fsp3) is 0.421. The van der Waals surface area contributed by atoms with Crippen LogP contribution in [0.4, 0.5) is 16.0 Å². The summed E-state index contributed by atoms with van der Waals surface area (Å²) in [6.45, 7) is 5.44. The minimum atomic E-state index is -0.206. The molecule has 0 spiro atoms. The van der Waals surface area contributed by atoms with Gasteiger partial charge in [0.2, 0.25) is 5.95 Å². The molecule has 1 saturated heterocycles. The molecule has 0 atom stereocenters. The molecule has 1 aliphatic heterocycles. The maximum atomic E-state index is 13.9. The summed E-state index contributed by atoms with van der Waals surface area (Å²) < 4.78 is 13.9. The van der Waals surface area contributed by atoms with E-state index in [9.17, 15) is 9.18 Å². The third kappa shape index (κ3) is 4.28. The second-order valence-corrected chi connectivity index (χ2v) is 6.28. The SMILES string of the molecule is CCCCNC(=O)c1ccnc(N2CCN(c3ccccc3F)CC2)n1. The van der Waals surface area contributed by atoms with Crippen molar-refractivity contribution in [2.45, 2.75) is 19.8 Å². The van der Waals surface area contributed by atoms with Crippen molar-refractivity contribution in [3.8, 4) is 0 Å². The number of piperazine rings is 1. The van der Waals surface area contributed by atoms with Gasteiger partial charge >= 0.3 is 0 Å². The van der Waals surface area contributed by atoms with Gasteiger partial charge in [0.05, 0.1) is 5.69 Å². The Hall–Kier alpha value is -2.70. The standard InChI is InChI=1S/C19H24FN5O/c1-2-3-9-21-18(26)16-8-10-22-19(23-16)25-13-11-24(12-14-25)17-7-5-4-6-15(17)20/h4-8,10H,2-3,9,11-14H2,1H3,(H,21,26). The fourth-order valence-electron chi connectivity index (χ4n) is 2.95. The Morgan fingerprint density at radius 3 is 2.62 bits per heavy atom. The molecule has 138 valence electrons. The van der Waals surface area contributed by atoms with Crippen LogP contribution in [0.3, 0.4) is 0 Å². The molecule has 1 amide bonds. The Bertz CT molecular complexity index is 746. The molecule has 3 rings (SSSR count). The van der Waals surface area contributed by atoms with Crippen LogP contribution in [-0.4, -0.2) is 48.6 Å². The number of aromatic nitrogens is 2. The van der Waals surface area contributed by atoms with Gasteiger partial charge in [-0.05, 0) is 24.6 Å². The van der Waals surface area contributed by atoms with Crippen molar-refractivity contribution in [1.29, 1.82) is 0 Å². The van der Waals surface area contributed by atoms with Crippen LogP contribution in [0.2, 0.25) is 0 Å². The van der Waals surface area contributed by atoms with E-state index in [0.29, 0.717) is 50.1 Å². The van der Waals surface area contributed by atoms with Crippen molar-refractivity contribution in [3.05, 3.63) is 48.0 Å². The predicted octanol–water partition coefficient (Wildman–Crippen LogP) is 2.47. The van der Waals surface area contributed by atoms with Crippen molar-refractivity contribution in [2.24, 2.45) is 0 Å². The number of benzene rings is 1. The summed E-state index contributed by atoms with van der Waals surface area (Å²) in [5.41, 5.74) is 1.000. The smallest absolute Gasteiger partial charge is 0.270 e. The van der Waals surface area contributed by atoms with Crippen molar-refractivity contribution in [2.75, 3.05) is 42.5 Å². The molecular formula is C19H24FN5O. The lowest BCUT2D eigenvalue weighted by Crippen LogP contribution is -2.47. The van der Waals surface area contributed by atoms with E-state index in [1.165, 1.54) is 6.07 Å². The first kappa shape index (κ1) is 18.1. The molecule has 0 saturated carbocycles. The summed E-state index contributed by atoms with van der Waals surface area (Å²) in [6, 6.07) is 8.43. The second-order valence-electron chi connectivity index (χ2n) is 6.28. The van der Waals surface area contributed by atoms with E-state index in [1.54, 1.807) is 24.4 Å². The van der Waals surface area contributed by atoms with Gasteiger partial charge in [-0.3, -0.25) is 4.79 Å². The fourth-order valence-corrected chi connectivity index (χ4v) is 2.95. The van der Waals surface area contributed by atoms with Crippen molar-refractivity contribution >= 4 is 17.5 Å². The molecule has 1 aromatic heterocycles. The minimum Gasteiger partial charge on any atom is -0.366 e. The van der Waals surface area contributed by atoms with Crippen LogP contribution in [0.1, 0.15) is 30.3 Å². The minimum absolute atomic E-state index is 0.174. The van der Waals surface area contributed by atoms with Gasteiger partial charge in [-0.1, -0.05) is 25.5 Å². The van der Waals surface area contributed by atoms with Crippen molar-refractivity contribution in [3.63, 3.8) is 0 Å². The van der Waals surface area contributed by atoms with E-state index in [1.807, 2.05) is 15.9 Å². The van der Waals surface area contributed by atoms with Crippen LogP contribution in [-0.2, 0) is 0 Å². The number of nitrogens with zero attached hydrogens (tertiary/aromatic N) is 4. The lowest BCUT2D eigenvalue weighted by molar-refractivity contribution is 0.0948. The summed E-state index contributed by atoms with van der Waals surface area (Å²) in [5, 5.41) is 2.87. The van der Waals surface area contributed by atoms with E-state index in [-0.39, 0.29) is 11.7 Å². The van der Waals surface area contributed by atoms with Crippen LogP contribution >= 0.6 is 0 Å². The van der Waals surface area contributed by atoms with E-state index in [0.717, 1.165) is 12.8 Å². The number of rotatable bonds is 6. The largest absolute Gasteiger partial charge is 0.366 e. The monoisotopic (exact) mass is 357 g/mol. The molecule has 26 heavy (non-hydrogen) atoms. The van der Waals surface area contributed by atoms with Crippen molar-refractivity contribution < 1.29 is 9.18 Å². The van der Waals surface area contributed by atoms with Gasteiger partial charge in [-0.15, -0.1) is 0 Å². The molecule has 2 aromatic rings. The highest BCUT2D eigenvalue weighted by molar-refractivity contribution is 5.92. The summed E-state index contributed by atoms with van der Waals surface area (Å²) in [4.78, 5) is 24.9. The van der Waals surface area contributed by atoms with E-state index < -0.39 is 0 Å². The van der Waals surface area contributed by atoms with Gasteiger partial charge in [-0.2, -0.15) is 0 Å². The number of carbonyl (C=O) groups excluding carboxylic acids is 1. The molecule has 0 radical (unpaired) electrons. The lowest BCUT2D eigenvalue weighted by Gasteiger charge is -2.36. The molecule has 0 unspecified atom stereocenters. The number of nitrogens with one attached hydrogen (secondary N) is 1. The number of carbonyl (C=O) groups is 1. The normalized spacial score (nSPS) is 14.4. The highest BCUT2D eigenvalue weighted by atomic mass is 19.1. The maximum absolute atomic E-state index is 13.9. The zero-order valence-corrected chi connectivity index (χ0v) is 15.0. The van der Waals surface area contributed by atoms with Gasteiger partial charge in [0.15, 0.2) is 0 Å². The number of anilines is 2. The first-order valence-electron chi connectivity index (χ1n) is 9.04. The molecule has 1 N–H and O–H groups in total. The number of halogens is 1. The third-order valence-electron chi connectivity index (χ3n) is 4.45. The maximum Gasteiger partial charge on any atom is 0.270 e. The average Bonchev–Trinajstić information content (AvgIpc) is 2.69. The Labute approximate surface area is 153 Å². The molecule has 0 aliphatic carbocycles. The molecule has 1 fully saturated rings. The third-order valence-corrected chi connectivity index (χ3v) is 4.45. The molecular weight excluding hydrogens is 333 g/mol. The molecule has 2 heterocycles. The van der Waals surface area contributed by atoms with Crippen LogP contribution in [0, 0.1) is 5.82 Å². The van der Waals surface area contributed by atoms with E-state index in [2.05, 4.69) is 22.2 Å². The Balaban J connectivity index is 1.62. The topological polar surface area (TPSA) is 61.4 Å². The van der Waals surface area contributed by atoms with Gasteiger partial charge in [0, 0.05) is 38.9 Å². The summed E-state index contributed by atoms with van der Waals surface area (Å²) >= 11 is 0. The Morgan fingerprint density at radius 2 is 1.88 bits per heavy atom. The van der Waals surface area contributed by atoms with Gasteiger partial charge in [0.25, 0.3) is 5.91 Å². The molecule has 6 nitrogen and oxygen atoms in total. The van der Waals surface area contributed by atoms with Crippen LogP contribution in [0.5, 0.6) is 0 Å². The quantitative estimate of drug-likeness (QED) is 0.805. The number of hydrogen-bond acceptors (Lipinski definition) is 5. The summed E-state index contributed by atoms with van der Waals surface area (Å²) in [7, 11) is 0. The van der Waals surface area contributed by atoms with E-state index >= 15 is 0 Å². The highest BCUT2D eigenvalue weighted by Crippen LogP contribution is 2.21. The first-order valence-corrected chi connectivity index (χ1v) is 9.04. The van der Waals surface area contributed by atoms with Crippen molar-refractivity contribution in [1.82, 2.24) is 15.3 Å². The highest BCUT2D eigenvalue weighted by Gasteiger charge is 2.21. The summed E-state index contributed by atoms with van der Waals surface area (Å²) in [5.74, 6) is 0.163. The van der Waals surface area contributed by atoms with Gasteiger partial charge < -0.3 is 15.1 Å². The Kier molecular flexibility index (Phi) is 5.99. The number of unbranched alkanes of at least 4 members (excludes halogenated alkanes) is 1. The lowest BCUT2D eigenvalue weighted by atomic mass is 10.2. The Morgan fingerprint density at radius 1 is 1.15 bits per heavy atom. The molecule has 7 heteroatoms. The first-order chi connectivity index (χ1) is 12.7. The number of amides is 1. The zero-order chi connectivity index (χ0) is 18.4. The molecule has 0 bridgehead atoms. The molecule has 1 aliphatic rings. The summed E-state index contributed by atoms with van der Waals surface area (Å²) in [6.07, 6.45) is 3.59. The molecule has 1 aromatic carbocycles.